The molecule has 0 aliphatic rings. The predicted molar refractivity (Wildman–Crippen MR) is 120 cm³/mol. The van der Waals surface area contributed by atoms with Crippen LogP contribution >= 0.6 is 34.5 Å². The van der Waals surface area contributed by atoms with Crippen LogP contribution in [0.3, 0.4) is 0 Å². The maximum Gasteiger partial charge on any atom is 0.267 e. The molecule has 0 atom stereocenters. The van der Waals surface area contributed by atoms with Crippen LogP contribution in [0.15, 0.2) is 58.8 Å². The van der Waals surface area contributed by atoms with Crippen LogP contribution < -0.4 is 9.62 Å². The van der Waals surface area contributed by atoms with E-state index in [9.17, 15) is 13.2 Å². The lowest BCUT2D eigenvalue weighted by molar-refractivity contribution is 0.102. The lowest BCUT2D eigenvalue weighted by Gasteiger charge is -2.20. The molecule has 0 saturated carbocycles. The summed E-state index contributed by atoms with van der Waals surface area (Å²) in [5.74, 6) is -0.535. The van der Waals surface area contributed by atoms with Crippen molar-refractivity contribution < 1.29 is 13.2 Å². The van der Waals surface area contributed by atoms with Gasteiger partial charge in [-0.15, -0.1) is 11.3 Å². The summed E-state index contributed by atoms with van der Waals surface area (Å²) in [6.45, 7) is 2.03. The van der Waals surface area contributed by atoms with Gasteiger partial charge < -0.3 is 5.32 Å². The molecule has 0 spiro atoms. The summed E-state index contributed by atoms with van der Waals surface area (Å²) >= 11 is 12.9. The van der Waals surface area contributed by atoms with E-state index in [2.05, 4.69) is 5.32 Å². The molecule has 1 aromatic heterocycles. The summed E-state index contributed by atoms with van der Waals surface area (Å²) < 4.78 is 27.4. The second kappa shape index (κ2) is 8.75. The Kier molecular flexibility index (Phi) is 6.53. The van der Waals surface area contributed by atoms with Crippen molar-refractivity contribution in [3.63, 3.8) is 0 Å². The van der Waals surface area contributed by atoms with Gasteiger partial charge in [0.25, 0.3) is 15.9 Å². The molecule has 1 heterocycles. The minimum Gasteiger partial charge on any atom is -0.321 e. The fourth-order valence-electron chi connectivity index (χ4n) is 2.66. The lowest BCUT2D eigenvalue weighted by atomic mass is 10.1. The summed E-state index contributed by atoms with van der Waals surface area (Å²) in [5.41, 5.74) is 2.05. The Morgan fingerprint density at radius 1 is 1.07 bits per heavy atom. The first-order valence-corrected chi connectivity index (χ1v) is 11.7. The van der Waals surface area contributed by atoms with E-state index in [0.717, 1.165) is 23.3 Å². The molecule has 2 aromatic carbocycles. The van der Waals surface area contributed by atoms with Gasteiger partial charge >= 0.3 is 0 Å². The Balaban J connectivity index is 1.88. The highest BCUT2D eigenvalue weighted by atomic mass is 35.5. The minimum absolute atomic E-state index is 0.0536. The average Bonchev–Trinajstić information content (AvgIpc) is 3.21. The zero-order valence-corrected chi connectivity index (χ0v) is 18.8. The number of anilines is 2. The van der Waals surface area contributed by atoms with Crippen molar-refractivity contribution in [3.05, 3.63) is 74.4 Å². The summed E-state index contributed by atoms with van der Waals surface area (Å²) in [4.78, 5) is 12.8. The number of hydrogen-bond donors (Lipinski definition) is 1. The third-order valence-corrected chi connectivity index (χ3v) is 7.97. The normalized spacial score (nSPS) is 11.3. The van der Waals surface area contributed by atoms with Crippen LogP contribution in [-0.2, 0) is 16.4 Å². The molecule has 0 saturated heterocycles. The first-order valence-electron chi connectivity index (χ1n) is 8.65. The van der Waals surface area contributed by atoms with Gasteiger partial charge in [0.15, 0.2) is 0 Å². The Hall–Kier alpha value is -2.06. The molecule has 0 aliphatic heterocycles. The van der Waals surface area contributed by atoms with Crippen molar-refractivity contribution in [1.82, 2.24) is 0 Å². The van der Waals surface area contributed by atoms with E-state index < -0.39 is 15.9 Å². The van der Waals surface area contributed by atoms with Crippen LogP contribution in [0, 0.1) is 0 Å². The molecule has 1 amide bonds. The third kappa shape index (κ3) is 4.59. The predicted octanol–water partition coefficient (Wildman–Crippen LogP) is 5.69. The zero-order chi connectivity index (χ0) is 21.2. The van der Waals surface area contributed by atoms with Gasteiger partial charge in [-0.2, -0.15) is 0 Å². The maximum absolute atomic E-state index is 13.1. The minimum atomic E-state index is -3.92. The van der Waals surface area contributed by atoms with Crippen molar-refractivity contribution >= 4 is 61.8 Å². The third-order valence-electron chi connectivity index (χ3n) is 4.36. The van der Waals surface area contributed by atoms with E-state index in [1.165, 1.54) is 23.5 Å². The van der Waals surface area contributed by atoms with Crippen LogP contribution in [0.2, 0.25) is 10.0 Å². The van der Waals surface area contributed by atoms with Crippen molar-refractivity contribution in [3.8, 4) is 0 Å². The number of rotatable bonds is 6. The Morgan fingerprint density at radius 2 is 1.76 bits per heavy atom. The number of sulfonamides is 1. The number of nitrogens with zero attached hydrogens (tertiary/aromatic N) is 1. The molecule has 0 radical (unpaired) electrons. The van der Waals surface area contributed by atoms with Crippen molar-refractivity contribution in [2.45, 2.75) is 18.2 Å². The Bertz CT molecular complexity index is 1140. The zero-order valence-electron chi connectivity index (χ0n) is 15.6. The van der Waals surface area contributed by atoms with Crippen molar-refractivity contribution in [1.29, 1.82) is 0 Å². The molecular weight excluding hydrogens is 451 g/mol. The quantitative estimate of drug-likeness (QED) is 0.504. The monoisotopic (exact) mass is 468 g/mol. The number of carbonyl (C=O) groups excluding carboxylic acids is 1. The molecule has 3 rings (SSSR count). The molecular formula is C20H18Cl2N2O3S2. The largest absolute Gasteiger partial charge is 0.321 e. The second-order valence-electron chi connectivity index (χ2n) is 6.19. The number of thiophene rings is 1. The number of nitrogens with one attached hydrogen (secondary N) is 1. The number of carbonyl (C=O) groups is 1. The molecule has 3 aromatic rings. The van der Waals surface area contributed by atoms with E-state index in [1.54, 1.807) is 29.6 Å². The summed E-state index contributed by atoms with van der Waals surface area (Å²) in [5, 5.41) is 4.89. The molecule has 9 heteroatoms. The smallest absolute Gasteiger partial charge is 0.267 e. The number of benzene rings is 2. The van der Waals surface area contributed by atoms with Crippen LogP contribution in [0.4, 0.5) is 11.4 Å². The molecule has 0 unspecified atom stereocenters. The van der Waals surface area contributed by atoms with Gasteiger partial charge in [-0.1, -0.05) is 42.3 Å². The molecule has 29 heavy (non-hydrogen) atoms. The summed E-state index contributed by atoms with van der Waals surface area (Å²) in [6.07, 6.45) is 0.861. The summed E-state index contributed by atoms with van der Waals surface area (Å²) in [7, 11) is -2.45. The van der Waals surface area contributed by atoms with E-state index in [-0.39, 0.29) is 9.77 Å². The first-order chi connectivity index (χ1) is 13.7. The molecule has 152 valence electrons. The van der Waals surface area contributed by atoms with Crippen LogP contribution in [-0.4, -0.2) is 21.4 Å². The molecule has 0 aliphatic carbocycles. The van der Waals surface area contributed by atoms with Crippen LogP contribution in [0.1, 0.15) is 22.2 Å². The number of halogens is 2. The van der Waals surface area contributed by atoms with E-state index in [0.29, 0.717) is 21.4 Å². The molecule has 0 bridgehead atoms. The highest BCUT2D eigenvalue weighted by Crippen LogP contribution is 2.30. The fourth-order valence-corrected chi connectivity index (χ4v) is 5.44. The van der Waals surface area contributed by atoms with Crippen molar-refractivity contribution in [2.75, 3.05) is 16.7 Å². The van der Waals surface area contributed by atoms with Crippen LogP contribution in [0.5, 0.6) is 0 Å². The highest BCUT2D eigenvalue weighted by Gasteiger charge is 2.28. The van der Waals surface area contributed by atoms with Crippen LogP contribution in [0.25, 0.3) is 0 Å². The maximum atomic E-state index is 13.1. The number of amides is 1. The highest BCUT2D eigenvalue weighted by molar-refractivity contribution is 7.93. The van der Waals surface area contributed by atoms with Gasteiger partial charge in [0, 0.05) is 12.7 Å². The van der Waals surface area contributed by atoms with Gasteiger partial charge in [0.1, 0.15) is 9.77 Å². The Morgan fingerprint density at radius 3 is 2.38 bits per heavy atom. The average molecular weight is 469 g/mol. The second-order valence-corrected chi connectivity index (χ2v) is 9.86. The SMILES string of the molecule is CCc1ccc(N(C)S(=O)(=O)c2ccsc2C(=O)Nc2ccc(Cl)c(Cl)c2)cc1. The standard InChI is InChI=1S/C20H18Cl2N2O3S2/c1-3-13-4-7-15(8-5-13)24(2)29(26,27)18-10-11-28-19(18)20(25)23-14-6-9-16(21)17(22)12-14/h4-12H,3H2,1-2H3,(H,23,25). The van der Waals surface area contributed by atoms with Crippen molar-refractivity contribution in [2.24, 2.45) is 0 Å². The van der Waals surface area contributed by atoms with Gasteiger partial charge in [0.05, 0.1) is 15.7 Å². The molecule has 5 nitrogen and oxygen atoms in total. The number of aryl methyl sites for hydroxylation is 1. The van der Waals surface area contributed by atoms with Gasteiger partial charge in [0.2, 0.25) is 0 Å². The first kappa shape index (κ1) is 21.6. The lowest BCUT2D eigenvalue weighted by Crippen LogP contribution is -2.28. The number of hydrogen-bond acceptors (Lipinski definition) is 4. The summed E-state index contributed by atoms with van der Waals surface area (Å²) in [6, 6.07) is 13.3. The van der Waals surface area contributed by atoms with E-state index >= 15 is 0 Å². The molecule has 1 N–H and O–H groups in total. The van der Waals surface area contributed by atoms with Gasteiger partial charge in [-0.05, 0) is 53.8 Å². The van der Waals surface area contributed by atoms with Gasteiger partial charge in [-0.25, -0.2) is 8.42 Å². The van der Waals surface area contributed by atoms with Gasteiger partial charge in [-0.3, -0.25) is 9.10 Å². The Labute approximate surface area is 183 Å². The van der Waals surface area contributed by atoms with E-state index in [1.807, 2.05) is 19.1 Å². The van der Waals surface area contributed by atoms with E-state index in [4.69, 9.17) is 23.2 Å². The fraction of sp³-hybridized carbons (Fsp3) is 0.150. The topological polar surface area (TPSA) is 66.5 Å². The molecule has 0 fully saturated rings.